The van der Waals surface area contributed by atoms with Gasteiger partial charge in [0.1, 0.15) is 5.82 Å². The Hall–Kier alpha value is -1.44. The normalized spacial score (nSPS) is 14.2. The quantitative estimate of drug-likeness (QED) is 0.841. The number of nitriles is 1. The summed E-state index contributed by atoms with van der Waals surface area (Å²) >= 11 is 0. The van der Waals surface area contributed by atoms with Gasteiger partial charge in [-0.05, 0) is 31.2 Å². The van der Waals surface area contributed by atoms with Gasteiger partial charge in [-0.1, -0.05) is 19.1 Å². The van der Waals surface area contributed by atoms with E-state index in [9.17, 15) is 4.39 Å². The van der Waals surface area contributed by atoms with Crippen molar-refractivity contribution in [2.24, 2.45) is 11.7 Å². The lowest BCUT2D eigenvalue weighted by molar-refractivity contribution is 0.198. The highest BCUT2D eigenvalue weighted by molar-refractivity contribution is 5.20. The first-order valence-corrected chi connectivity index (χ1v) is 6.21. The molecule has 2 N–H and O–H groups in total. The van der Waals surface area contributed by atoms with E-state index in [0.29, 0.717) is 13.1 Å². The van der Waals surface area contributed by atoms with Crippen LogP contribution >= 0.6 is 0 Å². The van der Waals surface area contributed by atoms with E-state index in [1.165, 1.54) is 12.1 Å². The average molecular weight is 249 g/mol. The van der Waals surface area contributed by atoms with Crippen molar-refractivity contribution in [2.75, 3.05) is 19.6 Å². The molecule has 0 bridgehead atoms. The van der Waals surface area contributed by atoms with Crippen LogP contribution in [0, 0.1) is 23.1 Å². The van der Waals surface area contributed by atoms with Crippen molar-refractivity contribution >= 4 is 0 Å². The molecular weight excluding hydrogens is 229 g/mol. The minimum atomic E-state index is -0.247. The zero-order valence-corrected chi connectivity index (χ0v) is 10.9. The fourth-order valence-electron chi connectivity index (χ4n) is 2.05. The maximum absolute atomic E-state index is 12.9. The van der Waals surface area contributed by atoms with Crippen LogP contribution in [0.1, 0.15) is 25.5 Å². The Morgan fingerprint density at radius 2 is 2.00 bits per heavy atom. The maximum atomic E-state index is 12.9. The van der Waals surface area contributed by atoms with Gasteiger partial charge in [-0.2, -0.15) is 5.26 Å². The van der Waals surface area contributed by atoms with Gasteiger partial charge in [0.05, 0.1) is 12.0 Å². The Labute approximate surface area is 108 Å². The zero-order valence-electron chi connectivity index (χ0n) is 10.9. The number of nitrogens with zero attached hydrogens (tertiary/aromatic N) is 2. The second-order valence-corrected chi connectivity index (χ2v) is 4.42. The van der Waals surface area contributed by atoms with Gasteiger partial charge in [-0.25, -0.2) is 4.39 Å². The number of likely N-dealkylation sites (N-methyl/N-ethyl adjacent to an activating group) is 1. The van der Waals surface area contributed by atoms with Crippen molar-refractivity contribution in [3.8, 4) is 6.07 Å². The van der Waals surface area contributed by atoms with E-state index in [0.717, 1.165) is 12.1 Å². The minimum Gasteiger partial charge on any atom is -0.329 e. The van der Waals surface area contributed by atoms with Crippen molar-refractivity contribution in [3.63, 3.8) is 0 Å². The molecule has 0 fully saturated rings. The molecule has 1 aromatic carbocycles. The summed E-state index contributed by atoms with van der Waals surface area (Å²) in [5.41, 5.74) is 6.81. The number of hydrogen-bond acceptors (Lipinski definition) is 3. The van der Waals surface area contributed by atoms with E-state index in [2.05, 4.69) is 11.0 Å². The van der Waals surface area contributed by atoms with Crippen molar-refractivity contribution < 1.29 is 4.39 Å². The molecule has 98 valence electrons. The van der Waals surface area contributed by atoms with Crippen LogP contribution in [0.4, 0.5) is 4.39 Å². The molecule has 0 spiro atoms. The number of halogens is 1. The Bertz CT molecular complexity index is 396. The number of rotatable bonds is 6. The van der Waals surface area contributed by atoms with Crippen molar-refractivity contribution in [1.82, 2.24) is 4.90 Å². The first kappa shape index (κ1) is 14.6. The van der Waals surface area contributed by atoms with Crippen LogP contribution in [0.2, 0.25) is 0 Å². The highest BCUT2D eigenvalue weighted by atomic mass is 19.1. The fourth-order valence-corrected chi connectivity index (χ4v) is 2.05. The summed E-state index contributed by atoms with van der Waals surface area (Å²) in [4.78, 5) is 2.15. The van der Waals surface area contributed by atoms with Gasteiger partial charge in [-0.3, -0.25) is 4.90 Å². The molecule has 2 atom stereocenters. The number of benzene rings is 1. The highest BCUT2D eigenvalue weighted by Gasteiger charge is 2.19. The van der Waals surface area contributed by atoms with E-state index in [1.54, 1.807) is 12.1 Å². The first-order chi connectivity index (χ1) is 8.62. The lowest BCUT2D eigenvalue weighted by atomic mass is 10.0. The molecule has 0 aliphatic heterocycles. The van der Waals surface area contributed by atoms with Crippen molar-refractivity contribution in [2.45, 2.75) is 19.9 Å². The third-order valence-electron chi connectivity index (χ3n) is 3.05. The van der Waals surface area contributed by atoms with Gasteiger partial charge in [0.15, 0.2) is 0 Å². The standard InChI is InChI=1S/C14H20FN3/c1-3-18(10-11(2)8-16)14(9-17)12-4-6-13(15)7-5-12/h4-7,11,14H,3,9-10,17H2,1-2H3. The Kier molecular flexibility index (Phi) is 5.76. The van der Waals surface area contributed by atoms with Crippen LogP contribution < -0.4 is 5.73 Å². The summed E-state index contributed by atoms with van der Waals surface area (Å²) in [7, 11) is 0. The summed E-state index contributed by atoms with van der Waals surface area (Å²) in [6, 6.07) is 8.66. The van der Waals surface area contributed by atoms with E-state index < -0.39 is 0 Å². The Morgan fingerprint density at radius 1 is 1.39 bits per heavy atom. The third kappa shape index (κ3) is 3.80. The summed E-state index contributed by atoms with van der Waals surface area (Å²) in [6.45, 7) is 5.87. The van der Waals surface area contributed by atoms with E-state index in [4.69, 9.17) is 11.0 Å². The Morgan fingerprint density at radius 3 is 2.44 bits per heavy atom. The van der Waals surface area contributed by atoms with Crippen LogP contribution in [0.15, 0.2) is 24.3 Å². The number of nitrogens with two attached hydrogens (primary N) is 1. The largest absolute Gasteiger partial charge is 0.329 e. The monoisotopic (exact) mass is 249 g/mol. The predicted molar refractivity (Wildman–Crippen MR) is 70.2 cm³/mol. The maximum Gasteiger partial charge on any atom is 0.123 e. The van der Waals surface area contributed by atoms with Crippen LogP contribution in [-0.2, 0) is 0 Å². The Balaban J connectivity index is 2.86. The van der Waals surface area contributed by atoms with Crippen LogP contribution in [0.5, 0.6) is 0 Å². The predicted octanol–water partition coefficient (Wildman–Crippen LogP) is 2.31. The molecule has 18 heavy (non-hydrogen) atoms. The molecule has 0 heterocycles. The van der Waals surface area contributed by atoms with Gasteiger partial charge >= 0.3 is 0 Å². The molecule has 4 heteroatoms. The molecule has 0 aromatic heterocycles. The molecule has 0 aliphatic rings. The van der Waals surface area contributed by atoms with Gasteiger partial charge in [0.25, 0.3) is 0 Å². The SMILES string of the molecule is CCN(CC(C)C#N)C(CN)c1ccc(F)cc1. The topological polar surface area (TPSA) is 53.0 Å². The van der Waals surface area contributed by atoms with Crippen molar-refractivity contribution in [1.29, 1.82) is 5.26 Å². The van der Waals surface area contributed by atoms with Gasteiger partial charge in [0, 0.05) is 19.1 Å². The van der Waals surface area contributed by atoms with Gasteiger partial charge in [-0.15, -0.1) is 0 Å². The van der Waals surface area contributed by atoms with Crippen molar-refractivity contribution in [3.05, 3.63) is 35.6 Å². The fraction of sp³-hybridized carbons (Fsp3) is 0.500. The average Bonchev–Trinajstić information content (AvgIpc) is 2.40. The van der Waals surface area contributed by atoms with Gasteiger partial charge < -0.3 is 5.73 Å². The molecule has 0 radical (unpaired) electrons. The number of hydrogen-bond donors (Lipinski definition) is 1. The molecule has 0 amide bonds. The zero-order chi connectivity index (χ0) is 13.5. The minimum absolute atomic E-state index is 0.0337. The molecule has 1 rings (SSSR count). The van der Waals surface area contributed by atoms with Crippen LogP contribution in [0.3, 0.4) is 0 Å². The lowest BCUT2D eigenvalue weighted by Gasteiger charge is -2.31. The van der Waals surface area contributed by atoms with E-state index in [-0.39, 0.29) is 17.8 Å². The smallest absolute Gasteiger partial charge is 0.123 e. The first-order valence-electron chi connectivity index (χ1n) is 6.21. The molecule has 0 saturated heterocycles. The molecular formula is C14H20FN3. The highest BCUT2D eigenvalue weighted by Crippen LogP contribution is 2.20. The summed E-state index contributed by atoms with van der Waals surface area (Å²) in [6.07, 6.45) is 0. The second-order valence-electron chi connectivity index (χ2n) is 4.42. The van der Waals surface area contributed by atoms with Crippen LogP contribution in [0.25, 0.3) is 0 Å². The summed E-state index contributed by atoms with van der Waals surface area (Å²) in [5, 5.41) is 8.88. The molecule has 1 aromatic rings. The molecule has 3 nitrogen and oxygen atoms in total. The van der Waals surface area contributed by atoms with E-state index >= 15 is 0 Å². The molecule has 0 saturated carbocycles. The second kappa shape index (κ2) is 7.10. The van der Waals surface area contributed by atoms with Gasteiger partial charge in [0.2, 0.25) is 0 Å². The molecule has 0 aliphatic carbocycles. The van der Waals surface area contributed by atoms with Crippen LogP contribution in [-0.4, -0.2) is 24.5 Å². The lowest BCUT2D eigenvalue weighted by Crippen LogP contribution is -2.36. The summed E-state index contributed by atoms with van der Waals surface area (Å²) < 4.78 is 12.9. The summed E-state index contributed by atoms with van der Waals surface area (Å²) in [5.74, 6) is -0.289. The van der Waals surface area contributed by atoms with E-state index in [1.807, 2.05) is 13.8 Å². The molecule has 2 unspecified atom stereocenters. The third-order valence-corrected chi connectivity index (χ3v) is 3.05.